The molecule has 1 aliphatic rings. The summed E-state index contributed by atoms with van der Waals surface area (Å²) < 4.78 is 1.91. The van der Waals surface area contributed by atoms with E-state index in [2.05, 4.69) is 35.5 Å². The molecule has 2 heterocycles. The zero-order chi connectivity index (χ0) is 18.7. The molecular weight excluding hydrogens is 328 g/mol. The summed E-state index contributed by atoms with van der Waals surface area (Å²) in [5, 5.41) is 8.47. The summed E-state index contributed by atoms with van der Waals surface area (Å²) in [7, 11) is 0. The van der Waals surface area contributed by atoms with Crippen molar-refractivity contribution in [2.75, 3.05) is 13.1 Å². The average molecular weight is 356 g/mol. The Morgan fingerprint density at radius 3 is 2.69 bits per heavy atom. The Morgan fingerprint density at radius 1 is 1.27 bits per heavy atom. The van der Waals surface area contributed by atoms with Crippen molar-refractivity contribution in [3.8, 4) is 0 Å². The van der Waals surface area contributed by atoms with E-state index in [1.807, 2.05) is 29.6 Å². The van der Waals surface area contributed by atoms with E-state index in [1.165, 1.54) is 5.56 Å². The van der Waals surface area contributed by atoms with Gasteiger partial charge in [-0.3, -0.25) is 14.3 Å². The molecule has 0 saturated carbocycles. The van der Waals surface area contributed by atoms with Gasteiger partial charge in [0, 0.05) is 36.9 Å². The van der Waals surface area contributed by atoms with E-state index in [4.69, 9.17) is 0 Å². The van der Waals surface area contributed by atoms with Crippen LogP contribution in [0.5, 0.6) is 0 Å². The molecule has 1 saturated heterocycles. The first-order valence-corrected chi connectivity index (χ1v) is 9.44. The van der Waals surface area contributed by atoms with E-state index in [9.17, 15) is 9.59 Å². The highest BCUT2D eigenvalue weighted by molar-refractivity contribution is 5.81. The lowest BCUT2D eigenvalue weighted by molar-refractivity contribution is -0.136. The topological polar surface area (TPSA) is 67.2 Å². The molecule has 0 unspecified atom stereocenters. The summed E-state index contributed by atoms with van der Waals surface area (Å²) in [5.41, 5.74) is 2.26. The first-order chi connectivity index (χ1) is 12.4. The molecule has 0 aliphatic carbocycles. The van der Waals surface area contributed by atoms with Gasteiger partial charge in [0.15, 0.2) is 0 Å². The monoisotopic (exact) mass is 356 g/mol. The molecule has 0 spiro atoms. The number of hydrogen-bond acceptors (Lipinski definition) is 3. The number of piperidine rings is 1. The summed E-state index contributed by atoms with van der Waals surface area (Å²) >= 11 is 0. The maximum atomic E-state index is 12.5. The van der Waals surface area contributed by atoms with Crippen LogP contribution in [-0.4, -0.2) is 45.6 Å². The highest BCUT2D eigenvalue weighted by atomic mass is 16.2. The van der Waals surface area contributed by atoms with Crippen LogP contribution in [0.15, 0.2) is 24.4 Å². The molecule has 2 amide bonds. The number of fused-ring (bicyclic) bond motifs is 1. The summed E-state index contributed by atoms with van der Waals surface area (Å²) in [4.78, 5) is 26.5. The Labute approximate surface area is 154 Å². The lowest BCUT2D eigenvalue weighted by Gasteiger charge is -2.31. The Kier molecular flexibility index (Phi) is 5.59. The lowest BCUT2D eigenvalue weighted by atomic mass is 9.95. The Morgan fingerprint density at radius 2 is 2.00 bits per heavy atom. The fourth-order valence-electron chi connectivity index (χ4n) is 3.51. The summed E-state index contributed by atoms with van der Waals surface area (Å²) in [6.07, 6.45) is 3.77. The minimum atomic E-state index is 0.0273. The van der Waals surface area contributed by atoms with Crippen LogP contribution in [0.25, 0.3) is 10.9 Å². The molecular formula is C20H28N4O2. The van der Waals surface area contributed by atoms with Gasteiger partial charge in [-0.1, -0.05) is 12.1 Å². The van der Waals surface area contributed by atoms with Crippen molar-refractivity contribution in [1.29, 1.82) is 0 Å². The number of hydrogen-bond donors (Lipinski definition) is 1. The second kappa shape index (κ2) is 7.89. The second-order valence-electron chi connectivity index (χ2n) is 7.50. The van der Waals surface area contributed by atoms with E-state index in [0.717, 1.165) is 23.7 Å². The van der Waals surface area contributed by atoms with Crippen LogP contribution < -0.4 is 5.32 Å². The van der Waals surface area contributed by atoms with Gasteiger partial charge >= 0.3 is 0 Å². The number of carbonyl (C=O) groups is 2. The SMILES string of the molecule is Cc1ccc2cnn(CCC(=O)N3CCC(C(=O)NC(C)C)CC3)c2c1. The number of amides is 2. The van der Waals surface area contributed by atoms with Crippen molar-refractivity contribution in [2.24, 2.45) is 5.92 Å². The molecule has 1 aliphatic heterocycles. The minimum Gasteiger partial charge on any atom is -0.354 e. The van der Waals surface area contributed by atoms with Gasteiger partial charge in [0.05, 0.1) is 18.3 Å². The number of likely N-dealkylation sites (tertiary alicyclic amines) is 1. The van der Waals surface area contributed by atoms with Crippen molar-refractivity contribution in [3.05, 3.63) is 30.0 Å². The van der Waals surface area contributed by atoms with Crippen molar-refractivity contribution in [3.63, 3.8) is 0 Å². The molecule has 0 radical (unpaired) electrons. The van der Waals surface area contributed by atoms with E-state index in [-0.39, 0.29) is 23.8 Å². The van der Waals surface area contributed by atoms with Crippen LogP contribution in [-0.2, 0) is 16.1 Å². The van der Waals surface area contributed by atoms with Crippen molar-refractivity contribution in [1.82, 2.24) is 20.0 Å². The van der Waals surface area contributed by atoms with Gasteiger partial charge in [-0.05, 0) is 45.2 Å². The maximum Gasteiger partial charge on any atom is 0.224 e. The van der Waals surface area contributed by atoms with Crippen molar-refractivity contribution in [2.45, 2.75) is 52.6 Å². The van der Waals surface area contributed by atoms with Crippen LogP contribution >= 0.6 is 0 Å². The van der Waals surface area contributed by atoms with Crippen LogP contribution in [0.2, 0.25) is 0 Å². The van der Waals surface area contributed by atoms with Gasteiger partial charge in [0.25, 0.3) is 0 Å². The van der Waals surface area contributed by atoms with E-state index in [0.29, 0.717) is 26.1 Å². The number of aryl methyl sites for hydroxylation is 2. The maximum absolute atomic E-state index is 12.5. The van der Waals surface area contributed by atoms with Crippen LogP contribution in [0.4, 0.5) is 0 Å². The molecule has 1 N–H and O–H groups in total. The molecule has 0 bridgehead atoms. The standard InChI is InChI=1S/C20H28N4O2/c1-14(2)22-20(26)16-6-9-23(10-7-16)19(25)8-11-24-18-12-15(3)4-5-17(18)13-21-24/h4-5,12-14,16H,6-11H2,1-3H3,(H,22,26). The van der Waals surface area contributed by atoms with Gasteiger partial charge < -0.3 is 10.2 Å². The van der Waals surface area contributed by atoms with E-state index < -0.39 is 0 Å². The average Bonchev–Trinajstić information content (AvgIpc) is 3.01. The molecule has 6 nitrogen and oxygen atoms in total. The molecule has 1 aromatic carbocycles. The number of nitrogens with one attached hydrogen (secondary N) is 1. The first-order valence-electron chi connectivity index (χ1n) is 9.44. The smallest absolute Gasteiger partial charge is 0.224 e. The van der Waals surface area contributed by atoms with Gasteiger partial charge in [-0.2, -0.15) is 5.10 Å². The number of carbonyl (C=O) groups excluding carboxylic acids is 2. The number of benzene rings is 1. The second-order valence-corrected chi connectivity index (χ2v) is 7.50. The molecule has 3 rings (SSSR count). The zero-order valence-electron chi connectivity index (χ0n) is 15.9. The largest absolute Gasteiger partial charge is 0.354 e. The molecule has 140 valence electrons. The minimum absolute atomic E-state index is 0.0273. The van der Waals surface area contributed by atoms with Crippen LogP contribution in [0.1, 0.15) is 38.7 Å². The third kappa shape index (κ3) is 4.23. The molecule has 6 heteroatoms. The Balaban J connectivity index is 1.51. The Hall–Kier alpha value is -2.37. The summed E-state index contributed by atoms with van der Waals surface area (Å²) in [5.74, 6) is 0.286. The molecule has 1 fully saturated rings. The molecule has 2 aromatic rings. The fourth-order valence-corrected chi connectivity index (χ4v) is 3.51. The third-order valence-electron chi connectivity index (χ3n) is 4.99. The summed E-state index contributed by atoms with van der Waals surface area (Å²) in [6, 6.07) is 6.39. The number of aromatic nitrogens is 2. The first kappa shape index (κ1) is 18.4. The van der Waals surface area contributed by atoms with Crippen molar-refractivity contribution < 1.29 is 9.59 Å². The normalized spacial score (nSPS) is 15.6. The molecule has 26 heavy (non-hydrogen) atoms. The van der Waals surface area contributed by atoms with E-state index >= 15 is 0 Å². The predicted octanol–water partition coefficient (Wildman–Crippen LogP) is 2.50. The molecule has 0 atom stereocenters. The number of nitrogens with zero attached hydrogens (tertiary/aromatic N) is 3. The van der Waals surface area contributed by atoms with Gasteiger partial charge in [-0.25, -0.2) is 0 Å². The fraction of sp³-hybridized carbons (Fsp3) is 0.550. The zero-order valence-corrected chi connectivity index (χ0v) is 15.9. The quantitative estimate of drug-likeness (QED) is 0.895. The lowest BCUT2D eigenvalue weighted by Crippen LogP contribution is -2.44. The van der Waals surface area contributed by atoms with Crippen LogP contribution in [0.3, 0.4) is 0 Å². The molecule has 1 aromatic heterocycles. The van der Waals surface area contributed by atoms with Gasteiger partial charge in [0.2, 0.25) is 11.8 Å². The summed E-state index contributed by atoms with van der Waals surface area (Å²) in [6.45, 7) is 7.90. The highest BCUT2D eigenvalue weighted by Gasteiger charge is 2.27. The third-order valence-corrected chi connectivity index (χ3v) is 4.99. The number of rotatable bonds is 5. The van der Waals surface area contributed by atoms with Gasteiger partial charge in [0.1, 0.15) is 0 Å². The van der Waals surface area contributed by atoms with Crippen molar-refractivity contribution >= 4 is 22.7 Å². The predicted molar refractivity (Wildman–Crippen MR) is 102 cm³/mol. The highest BCUT2D eigenvalue weighted by Crippen LogP contribution is 2.19. The van der Waals surface area contributed by atoms with E-state index in [1.54, 1.807) is 0 Å². The van der Waals surface area contributed by atoms with Crippen LogP contribution in [0, 0.1) is 12.8 Å². The van der Waals surface area contributed by atoms with Gasteiger partial charge in [-0.15, -0.1) is 0 Å². The Bertz CT molecular complexity index is 788.